The summed E-state index contributed by atoms with van der Waals surface area (Å²) in [5.74, 6) is -0.705. The largest absolute Gasteiger partial charge is 0.366 e. The van der Waals surface area contributed by atoms with Gasteiger partial charge in [0.05, 0.1) is 27.8 Å². The molecule has 2 aromatic rings. The molecule has 0 unspecified atom stereocenters. The molecule has 28 heavy (non-hydrogen) atoms. The van der Waals surface area contributed by atoms with Gasteiger partial charge in [0.25, 0.3) is 5.91 Å². The summed E-state index contributed by atoms with van der Waals surface area (Å²) in [4.78, 5) is 16.5. The second-order valence-electron chi connectivity index (χ2n) is 6.47. The molecule has 1 saturated heterocycles. The highest BCUT2D eigenvalue weighted by atomic mass is 127. The number of nitrogens with zero attached hydrogens (tertiary/aromatic N) is 3. The zero-order valence-corrected chi connectivity index (χ0v) is 18.0. The molecule has 1 fully saturated rings. The molecule has 0 atom stereocenters. The number of nitriles is 1. The number of hydrogen-bond acceptors (Lipinski definition) is 5. The van der Waals surface area contributed by atoms with E-state index in [-0.39, 0.29) is 16.4 Å². The van der Waals surface area contributed by atoms with E-state index in [2.05, 4.69) is 0 Å². The zero-order chi connectivity index (χ0) is 20.5. The van der Waals surface area contributed by atoms with E-state index in [0.29, 0.717) is 41.0 Å². The van der Waals surface area contributed by atoms with Crippen LogP contribution in [-0.4, -0.2) is 51.7 Å². The Morgan fingerprint density at radius 2 is 1.82 bits per heavy atom. The summed E-state index contributed by atoms with van der Waals surface area (Å²) in [7, 11) is -3.41. The Bertz CT molecular complexity index is 1070. The summed E-state index contributed by atoms with van der Waals surface area (Å²) >= 11 is 2.01. The van der Waals surface area contributed by atoms with Crippen molar-refractivity contribution in [2.75, 3.05) is 37.3 Å². The molecule has 0 aliphatic carbocycles. The van der Waals surface area contributed by atoms with Crippen molar-refractivity contribution < 1.29 is 17.6 Å². The lowest BCUT2D eigenvalue weighted by Crippen LogP contribution is -2.49. The van der Waals surface area contributed by atoms with Crippen molar-refractivity contribution in [1.29, 1.82) is 5.26 Å². The Morgan fingerprint density at radius 1 is 1.14 bits per heavy atom. The molecule has 1 aliphatic heterocycles. The lowest BCUT2D eigenvalue weighted by molar-refractivity contribution is 0.0745. The highest BCUT2D eigenvalue weighted by Gasteiger charge is 2.25. The molecule has 6 nitrogen and oxygen atoms in total. The molecule has 1 heterocycles. The topological polar surface area (TPSA) is 81.5 Å². The number of rotatable bonds is 3. The first-order chi connectivity index (χ1) is 13.2. The number of anilines is 1. The van der Waals surface area contributed by atoms with Gasteiger partial charge in [0.1, 0.15) is 5.82 Å². The van der Waals surface area contributed by atoms with E-state index in [1.807, 2.05) is 33.6 Å². The van der Waals surface area contributed by atoms with Crippen molar-refractivity contribution in [2.45, 2.75) is 4.90 Å². The molecular formula is C19H17FIN3O3S. The Balaban J connectivity index is 1.75. The highest BCUT2D eigenvalue weighted by molar-refractivity contribution is 14.1. The monoisotopic (exact) mass is 513 g/mol. The van der Waals surface area contributed by atoms with Crippen LogP contribution in [0.4, 0.5) is 10.1 Å². The van der Waals surface area contributed by atoms with Gasteiger partial charge < -0.3 is 9.80 Å². The van der Waals surface area contributed by atoms with Gasteiger partial charge in [-0.15, -0.1) is 0 Å². The molecule has 0 saturated carbocycles. The summed E-state index contributed by atoms with van der Waals surface area (Å²) in [5, 5.41) is 8.85. The predicted octanol–water partition coefficient (Wildman–Crippen LogP) is 2.67. The Kier molecular flexibility index (Phi) is 5.90. The SMILES string of the molecule is CS(=O)(=O)c1ccc(I)c(C(=O)N2CCN(c3ccc(C#N)cc3F)CC2)c1. The normalized spacial score (nSPS) is 14.6. The maximum atomic E-state index is 14.2. The number of amides is 1. The molecule has 9 heteroatoms. The predicted molar refractivity (Wildman–Crippen MR) is 112 cm³/mol. The fourth-order valence-electron chi connectivity index (χ4n) is 3.05. The van der Waals surface area contributed by atoms with E-state index in [0.717, 1.165) is 6.26 Å². The average Bonchev–Trinajstić information content (AvgIpc) is 2.67. The number of carbonyl (C=O) groups excluding carboxylic acids is 1. The van der Waals surface area contributed by atoms with E-state index < -0.39 is 15.7 Å². The van der Waals surface area contributed by atoms with Gasteiger partial charge in [-0.2, -0.15) is 5.26 Å². The van der Waals surface area contributed by atoms with Gasteiger partial charge in [0.2, 0.25) is 0 Å². The molecule has 0 aromatic heterocycles. The molecular weight excluding hydrogens is 496 g/mol. The van der Waals surface area contributed by atoms with Crippen molar-refractivity contribution >= 4 is 44.0 Å². The maximum absolute atomic E-state index is 14.2. The summed E-state index contributed by atoms with van der Waals surface area (Å²) in [5.41, 5.74) is 1.01. The first kappa shape index (κ1) is 20.5. The first-order valence-electron chi connectivity index (χ1n) is 8.44. The van der Waals surface area contributed by atoms with Crippen LogP contribution in [0, 0.1) is 20.7 Å². The van der Waals surface area contributed by atoms with Gasteiger partial charge in [-0.25, -0.2) is 12.8 Å². The van der Waals surface area contributed by atoms with Gasteiger partial charge in [-0.1, -0.05) is 0 Å². The highest BCUT2D eigenvalue weighted by Crippen LogP contribution is 2.24. The lowest BCUT2D eigenvalue weighted by Gasteiger charge is -2.36. The minimum Gasteiger partial charge on any atom is -0.366 e. The number of hydrogen-bond donors (Lipinski definition) is 0. The van der Waals surface area contributed by atoms with Crippen molar-refractivity contribution in [3.8, 4) is 6.07 Å². The summed E-state index contributed by atoms with van der Waals surface area (Å²) in [6.45, 7) is 1.66. The maximum Gasteiger partial charge on any atom is 0.255 e. The molecule has 3 rings (SSSR count). The molecule has 0 radical (unpaired) electrons. The third-order valence-corrected chi connectivity index (χ3v) is 6.63. The third kappa shape index (κ3) is 4.28. The van der Waals surface area contributed by atoms with Crippen LogP contribution in [-0.2, 0) is 9.84 Å². The number of piperazine rings is 1. The fraction of sp³-hybridized carbons (Fsp3) is 0.263. The van der Waals surface area contributed by atoms with Crippen molar-refractivity contribution in [3.63, 3.8) is 0 Å². The van der Waals surface area contributed by atoms with Gasteiger partial charge in [0, 0.05) is 36.0 Å². The average molecular weight is 513 g/mol. The molecule has 1 aliphatic rings. The minimum absolute atomic E-state index is 0.106. The number of benzene rings is 2. The smallest absolute Gasteiger partial charge is 0.255 e. The Labute approximate surface area is 176 Å². The van der Waals surface area contributed by atoms with Crippen molar-refractivity contribution in [1.82, 2.24) is 4.90 Å². The van der Waals surface area contributed by atoms with Gasteiger partial charge in [-0.05, 0) is 59.0 Å². The molecule has 146 valence electrons. The van der Waals surface area contributed by atoms with Crippen LogP contribution in [0.2, 0.25) is 0 Å². The van der Waals surface area contributed by atoms with Crippen molar-refractivity contribution in [3.05, 3.63) is 56.9 Å². The van der Waals surface area contributed by atoms with E-state index in [9.17, 15) is 17.6 Å². The van der Waals surface area contributed by atoms with Gasteiger partial charge in [-0.3, -0.25) is 4.79 Å². The van der Waals surface area contributed by atoms with Crippen LogP contribution in [0.25, 0.3) is 0 Å². The standard InChI is InChI=1S/C19H17FIN3O3S/c1-28(26,27)14-3-4-17(21)15(11-14)19(25)24-8-6-23(7-9-24)18-5-2-13(12-22)10-16(18)20/h2-5,10-11H,6-9H2,1H3. The van der Waals surface area contributed by atoms with E-state index in [4.69, 9.17) is 5.26 Å². The third-order valence-electron chi connectivity index (χ3n) is 4.58. The lowest BCUT2D eigenvalue weighted by atomic mass is 10.1. The van der Waals surface area contributed by atoms with Crippen LogP contribution in [0.5, 0.6) is 0 Å². The zero-order valence-electron chi connectivity index (χ0n) is 15.0. The molecule has 2 aromatic carbocycles. The van der Waals surface area contributed by atoms with E-state index in [1.165, 1.54) is 18.2 Å². The van der Waals surface area contributed by atoms with Crippen molar-refractivity contribution in [2.24, 2.45) is 0 Å². The van der Waals surface area contributed by atoms with Crippen LogP contribution in [0.3, 0.4) is 0 Å². The van der Waals surface area contributed by atoms with Gasteiger partial charge >= 0.3 is 0 Å². The molecule has 1 amide bonds. The molecule has 0 bridgehead atoms. The first-order valence-corrected chi connectivity index (χ1v) is 11.4. The van der Waals surface area contributed by atoms with Crippen LogP contribution >= 0.6 is 22.6 Å². The second kappa shape index (κ2) is 8.05. The van der Waals surface area contributed by atoms with Crippen LogP contribution in [0.15, 0.2) is 41.3 Å². The summed E-state index contributed by atoms with van der Waals surface area (Å²) in [6, 6.07) is 10.8. The van der Waals surface area contributed by atoms with E-state index >= 15 is 0 Å². The number of sulfone groups is 1. The van der Waals surface area contributed by atoms with Crippen LogP contribution in [0.1, 0.15) is 15.9 Å². The minimum atomic E-state index is -3.41. The Hall–Kier alpha value is -2.19. The second-order valence-corrected chi connectivity index (χ2v) is 9.65. The fourth-order valence-corrected chi connectivity index (χ4v) is 4.27. The number of halogens is 2. The molecule has 0 spiro atoms. The summed E-state index contributed by atoms with van der Waals surface area (Å²) < 4.78 is 38.5. The number of carbonyl (C=O) groups is 1. The Morgan fingerprint density at radius 3 is 2.39 bits per heavy atom. The van der Waals surface area contributed by atoms with Gasteiger partial charge in [0.15, 0.2) is 9.84 Å². The molecule has 0 N–H and O–H groups in total. The van der Waals surface area contributed by atoms with E-state index in [1.54, 1.807) is 23.1 Å². The summed E-state index contributed by atoms with van der Waals surface area (Å²) in [6.07, 6.45) is 1.11. The quantitative estimate of drug-likeness (QED) is 0.590. The van der Waals surface area contributed by atoms with Crippen LogP contribution < -0.4 is 4.90 Å².